The maximum absolute atomic E-state index is 14.6. The molecule has 1 unspecified atom stereocenters. The molecule has 0 saturated carbocycles. The number of β-amino-alcohol motifs (C(OH)–C–C–N with tert-alkyl or cyclic N) is 1. The Bertz CT molecular complexity index is 1040. The molecule has 192 valence electrons. The summed E-state index contributed by atoms with van der Waals surface area (Å²) in [6.07, 6.45) is -2.25. The van der Waals surface area contributed by atoms with E-state index in [0.717, 1.165) is 0 Å². The van der Waals surface area contributed by atoms with E-state index in [1.807, 2.05) is 0 Å². The number of aliphatic hydroxyl groups excluding tert-OH is 1. The van der Waals surface area contributed by atoms with Crippen molar-refractivity contribution < 1.29 is 29.0 Å². The summed E-state index contributed by atoms with van der Waals surface area (Å²) in [6, 6.07) is 1.96. The average molecular weight is 506 g/mol. The second-order valence-electron chi connectivity index (χ2n) is 11.1. The van der Waals surface area contributed by atoms with Crippen LogP contribution in [0.1, 0.15) is 51.3 Å². The Balaban J connectivity index is 2.19. The van der Waals surface area contributed by atoms with Crippen molar-refractivity contribution in [3.05, 3.63) is 35.1 Å². The molecule has 1 aromatic rings. The Kier molecular flexibility index (Phi) is 8.73. The van der Waals surface area contributed by atoms with Crippen molar-refractivity contribution in [2.75, 3.05) is 6.54 Å². The van der Waals surface area contributed by atoms with E-state index in [9.17, 15) is 29.0 Å². The highest BCUT2D eigenvalue weighted by Crippen LogP contribution is 2.27. The number of amides is 3. The van der Waals surface area contributed by atoms with E-state index in [-0.39, 0.29) is 13.0 Å². The lowest BCUT2D eigenvalue weighted by Gasteiger charge is -2.34. The number of rotatable bonds is 5. The molecule has 0 spiro atoms. The maximum Gasteiger partial charge on any atom is 0.405 e. The molecule has 2 rings (SSSR count). The molecular formula is C25H36FN3O5Si. The molecular weight excluding hydrogens is 469 g/mol. The van der Waals surface area contributed by atoms with Gasteiger partial charge in [0.25, 0.3) is 0 Å². The van der Waals surface area contributed by atoms with Gasteiger partial charge < -0.3 is 25.7 Å². The van der Waals surface area contributed by atoms with E-state index < -0.39 is 61.4 Å². The normalized spacial score (nSPS) is 19.9. The third-order valence-electron chi connectivity index (χ3n) is 5.67. The lowest BCUT2D eigenvalue weighted by molar-refractivity contribution is -0.142. The first-order valence-electron chi connectivity index (χ1n) is 11.6. The average Bonchev–Trinajstić information content (AvgIpc) is 3.10. The standard InChI is InChI=1S/C25H36FN3O5Si/c1-15(17-9-8-16(19(26)12-17)10-11-35(5,6)7)27-22(31)20-13-18(30)14-29(20)23(32)21(25(2,3)4)28-24(33)34/h8-9,12,15,18,20-21,28,30H,13-14H2,1-7H3,(H,27,31)(H,33,34)/t15-,18+,20-,21?/m0/s1. The van der Waals surface area contributed by atoms with Gasteiger partial charge in [-0.15, -0.1) is 5.54 Å². The summed E-state index contributed by atoms with van der Waals surface area (Å²) in [5.74, 6) is 1.33. The Morgan fingerprint density at radius 3 is 2.34 bits per heavy atom. The van der Waals surface area contributed by atoms with E-state index in [4.69, 9.17) is 0 Å². The lowest BCUT2D eigenvalue weighted by atomic mass is 9.85. The SMILES string of the molecule is C[C@H](NC(=O)[C@@H]1C[C@@H](O)CN1C(=O)C(NC(=O)O)C(C)(C)C)c1ccc(C#C[Si](C)(C)C)c(F)c1. The second kappa shape index (κ2) is 10.8. The van der Waals surface area contributed by atoms with Crippen LogP contribution in [0.4, 0.5) is 9.18 Å². The van der Waals surface area contributed by atoms with Crippen molar-refractivity contribution in [1.82, 2.24) is 15.5 Å². The minimum Gasteiger partial charge on any atom is -0.465 e. The van der Waals surface area contributed by atoms with Crippen LogP contribution in [0.15, 0.2) is 18.2 Å². The topological polar surface area (TPSA) is 119 Å². The monoisotopic (exact) mass is 505 g/mol. The summed E-state index contributed by atoms with van der Waals surface area (Å²) in [7, 11) is -1.66. The molecule has 10 heteroatoms. The van der Waals surface area contributed by atoms with Crippen molar-refractivity contribution in [2.24, 2.45) is 5.41 Å². The molecule has 8 nitrogen and oxygen atoms in total. The zero-order chi connectivity index (χ0) is 26.7. The van der Waals surface area contributed by atoms with E-state index in [2.05, 4.69) is 41.7 Å². The number of carbonyl (C=O) groups excluding carboxylic acids is 2. The number of benzene rings is 1. The van der Waals surface area contributed by atoms with Crippen molar-refractivity contribution >= 4 is 26.0 Å². The first-order chi connectivity index (χ1) is 16.0. The highest BCUT2D eigenvalue weighted by Gasteiger charge is 2.44. The largest absolute Gasteiger partial charge is 0.465 e. The van der Waals surface area contributed by atoms with Crippen molar-refractivity contribution in [3.8, 4) is 11.5 Å². The van der Waals surface area contributed by atoms with Gasteiger partial charge >= 0.3 is 6.09 Å². The second-order valence-corrected chi connectivity index (χ2v) is 15.9. The lowest BCUT2D eigenvalue weighted by Crippen LogP contribution is -2.57. The van der Waals surface area contributed by atoms with Crippen molar-refractivity contribution in [2.45, 2.75) is 78.0 Å². The summed E-state index contributed by atoms with van der Waals surface area (Å²) in [4.78, 5) is 38.8. The number of likely N-dealkylation sites (tertiary alicyclic amines) is 1. The van der Waals surface area contributed by atoms with Crippen LogP contribution in [0.3, 0.4) is 0 Å². The van der Waals surface area contributed by atoms with Crippen LogP contribution in [0, 0.1) is 22.7 Å². The molecule has 3 amide bonds. The minimum atomic E-state index is -1.66. The van der Waals surface area contributed by atoms with E-state index in [0.29, 0.717) is 11.1 Å². The van der Waals surface area contributed by atoms with Crippen LogP contribution in [-0.2, 0) is 9.59 Å². The molecule has 1 fully saturated rings. The number of carboxylic acid groups (broad SMARTS) is 1. The predicted octanol–water partition coefficient (Wildman–Crippen LogP) is 2.88. The van der Waals surface area contributed by atoms with Gasteiger partial charge in [-0.25, -0.2) is 9.18 Å². The molecule has 0 radical (unpaired) electrons. The first kappa shape index (κ1) is 28.3. The first-order valence-corrected chi connectivity index (χ1v) is 15.1. The summed E-state index contributed by atoms with van der Waals surface area (Å²) in [5.41, 5.74) is 3.20. The van der Waals surface area contributed by atoms with Crippen LogP contribution in [0.5, 0.6) is 0 Å². The van der Waals surface area contributed by atoms with Gasteiger partial charge in [0.05, 0.1) is 17.7 Å². The quantitative estimate of drug-likeness (QED) is 0.362. The van der Waals surface area contributed by atoms with Gasteiger partial charge in [0.1, 0.15) is 26.0 Å². The third-order valence-corrected chi connectivity index (χ3v) is 6.54. The zero-order valence-corrected chi connectivity index (χ0v) is 22.4. The molecule has 0 bridgehead atoms. The van der Waals surface area contributed by atoms with E-state index in [1.165, 1.54) is 11.0 Å². The van der Waals surface area contributed by atoms with Crippen molar-refractivity contribution in [3.63, 3.8) is 0 Å². The Morgan fingerprint density at radius 2 is 1.83 bits per heavy atom. The van der Waals surface area contributed by atoms with Crippen LogP contribution >= 0.6 is 0 Å². The fourth-order valence-corrected chi connectivity index (χ4v) is 4.30. The fourth-order valence-electron chi connectivity index (χ4n) is 3.79. The molecule has 1 aliphatic rings. The smallest absolute Gasteiger partial charge is 0.405 e. The Labute approximate surface area is 207 Å². The Hall–Kier alpha value is -2.90. The highest BCUT2D eigenvalue weighted by molar-refractivity contribution is 6.83. The molecule has 35 heavy (non-hydrogen) atoms. The van der Waals surface area contributed by atoms with Gasteiger partial charge in [-0.05, 0) is 30.0 Å². The van der Waals surface area contributed by atoms with E-state index >= 15 is 0 Å². The number of hydrogen-bond donors (Lipinski definition) is 4. The zero-order valence-electron chi connectivity index (χ0n) is 21.4. The predicted molar refractivity (Wildman–Crippen MR) is 134 cm³/mol. The summed E-state index contributed by atoms with van der Waals surface area (Å²) in [6.45, 7) is 12.9. The molecule has 0 aromatic heterocycles. The molecule has 1 aliphatic heterocycles. The van der Waals surface area contributed by atoms with E-state index in [1.54, 1.807) is 39.8 Å². The van der Waals surface area contributed by atoms with Crippen LogP contribution in [0.2, 0.25) is 19.6 Å². The van der Waals surface area contributed by atoms with Gasteiger partial charge in [-0.3, -0.25) is 9.59 Å². The molecule has 0 aliphatic carbocycles. The van der Waals surface area contributed by atoms with Gasteiger partial charge in [0.15, 0.2) is 0 Å². The minimum absolute atomic E-state index is 0.0216. The summed E-state index contributed by atoms with van der Waals surface area (Å²) < 4.78 is 14.6. The highest BCUT2D eigenvalue weighted by atomic mass is 28.3. The van der Waals surface area contributed by atoms with Gasteiger partial charge in [-0.1, -0.05) is 52.4 Å². The van der Waals surface area contributed by atoms with Crippen LogP contribution < -0.4 is 10.6 Å². The number of carbonyl (C=O) groups is 3. The number of nitrogens with one attached hydrogen (secondary N) is 2. The molecule has 1 saturated heterocycles. The molecule has 4 atom stereocenters. The number of aliphatic hydroxyl groups is 1. The number of nitrogens with zero attached hydrogens (tertiary/aromatic N) is 1. The molecule has 1 aromatic carbocycles. The van der Waals surface area contributed by atoms with Crippen molar-refractivity contribution in [1.29, 1.82) is 0 Å². The van der Waals surface area contributed by atoms with Gasteiger partial charge in [-0.2, -0.15) is 0 Å². The maximum atomic E-state index is 14.6. The van der Waals surface area contributed by atoms with Crippen LogP contribution in [-0.4, -0.2) is 65.8 Å². The number of halogens is 1. The summed E-state index contributed by atoms with van der Waals surface area (Å²) >= 11 is 0. The molecule has 4 N–H and O–H groups in total. The number of hydrogen-bond acceptors (Lipinski definition) is 4. The summed E-state index contributed by atoms with van der Waals surface area (Å²) in [5, 5.41) is 24.4. The van der Waals surface area contributed by atoms with Gasteiger partial charge in [0, 0.05) is 13.0 Å². The third kappa shape index (κ3) is 7.80. The molecule has 1 heterocycles. The van der Waals surface area contributed by atoms with Crippen LogP contribution in [0.25, 0.3) is 0 Å². The Morgan fingerprint density at radius 1 is 1.20 bits per heavy atom. The van der Waals surface area contributed by atoms with Gasteiger partial charge in [0.2, 0.25) is 11.8 Å². The fraction of sp³-hybridized carbons (Fsp3) is 0.560.